The van der Waals surface area contributed by atoms with Gasteiger partial charge in [-0.25, -0.2) is 0 Å². The van der Waals surface area contributed by atoms with Crippen LogP contribution in [-0.4, -0.2) is 48.3 Å². The van der Waals surface area contributed by atoms with Crippen molar-refractivity contribution < 1.29 is 14.6 Å². The topological polar surface area (TPSA) is 49.8 Å². The number of β-amino-alcohol motifs (C(OH)–C–C–N with tert-alkyl or cyclic N) is 1. The molecule has 1 aliphatic rings. The Hall–Kier alpha value is -0.610. The summed E-state index contributed by atoms with van der Waals surface area (Å²) in [5.41, 5.74) is 0. The van der Waals surface area contributed by atoms with Crippen molar-refractivity contribution in [3.05, 3.63) is 0 Å². The molecule has 0 aromatic rings. The van der Waals surface area contributed by atoms with Crippen LogP contribution < -0.4 is 0 Å². The zero-order valence-corrected chi connectivity index (χ0v) is 9.61. The van der Waals surface area contributed by atoms with Gasteiger partial charge in [-0.1, -0.05) is 6.92 Å². The molecule has 0 aliphatic carbocycles. The molecule has 1 fully saturated rings. The number of ether oxygens (including phenoxy) is 1. The first-order chi connectivity index (χ1) is 7.11. The fourth-order valence-corrected chi connectivity index (χ4v) is 1.97. The second kappa shape index (κ2) is 6.08. The zero-order valence-electron chi connectivity index (χ0n) is 9.61. The summed E-state index contributed by atoms with van der Waals surface area (Å²) in [6, 6.07) is 0. The predicted molar refractivity (Wildman–Crippen MR) is 57.5 cm³/mol. The number of hydrogen-bond donors (Lipinski definition) is 1. The highest BCUT2D eigenvalue weighted by molar-refractivity contribution is 5.69. The van der Waals surface area contributed by atoms with Crippen molar-refractivity contribution in [1.82, 2.24) is 4.90 Å². The van der Waals surface area contributed by atoms with Crippen LogP contribution in [0.4, 0.5) is 0 Å². The van der Waals surface area contributed by atoms with Crippen LogP contribution in [0.15, 0.2) is 0 Å². The summed E-state index contributed by atoms with van der Waals surface area (Å²) in [4.78, 5) is 13.3. The maximum atomic E-state index is 11.1. The van der Waals surface area contributed by atoms with E-state index in [4.69, 9.17) is 4.74 Å². The van der Waals surface area contributed by atoms with Crippen LogP contribution in [0.25, 0.3) is 0 Å². The first-order valence-corrected chi connectivity index (χ1v) is 5.67. The van der Waals surface area contributed by atoms with E-state index in [1.165, 1.54) is 6.42 Å². The van der Waals surface area contributed by atoms with Gasteiger partial charge in [0.15, 0.2) is 0 Å². The summed E-state index contributed by atoms with van der Waals surface area (Å²) in [6.07, 6.45) is 0.708. The third kappa shape index (κ3) is 4.62. The lowest BCUT2D eigenvalue weighted by atomic mass is 10.2. The Morgan fingerprint density at radius 1 is 1.67 bits per heavy atom. The Bertz CT molecular complexity index is 208. The smallest absolute Gasteiger partial charge is 0.308 e. The van der Waals surface area contributed by atoms with Crippen LogP contribution in [0.1, 0.15) is 26.7 Å². The summed E-state index contributed by atoms with van der Waals surface area (Å²) in [7, 11) is 0. The lowest BCUT2D eigenvalue weighted by Gasteiger charge is -2.18. The van der Waals surface area contributed by atoms with Crippen molar-refractivity contribution >= 4 is 5.97 Å². The Morgan fingerprint density at radius 2 is 2.40 bits per heavy atom. The molecule has 0 amide bonds. The number of carbonyl (C=O) groups excluding carboxylic acids is 1. The molecule has 0 aromatic heterocycles. The van der Waals surface area contributed by atoms with Crippen LogP contribution >= 0.6 is 0 Å². The van der Waals surface area contributed by atoms with E-state index in [0.717, 1.165) is 13.1 Å². The van der Waals surface area contributed by atoms with E-state index in [-0.39, 0.29) is 12.4 Å². The molecule has 1 N–H and O–H groups in total. The molecule has 0 spiro atoms. The lowest BCUT2D eigenvalue weighted by Crippen LogP contribution is -2.32. The third-order valence-corrected chi connectivity index (χ3v) is 2.68. The predicted octanol–water partition coefficient (Wildman–Crippen LogP) is 0.642. The maximum absolute atomic E-state index is 11.1. The number of likely N-dealkylation sites (tertiary alicyclic amines) is 1. The van der Waals surface area contributed by atoms with Crippen LogP contribution in [0.5, 0.6) is 0 Å². The molecule has 4 heteroatoms. The SMILES string of the molecule is CCOC(=O)CC(O)CN1CCC(C)C1. The van der Waals surface area contributed by atoms with Gasteiger partial charge in [-0.05, 0) is 25.8 Å². The van der Waals surface area contributed by atoms with Gasteiger partial charge in [-0.3, -0.25) is 4.79 Å². The van der Waals surface area contributed by atoms with Crippen molar-refractivity contribution in [3.8, 4) is 0 Å². The fraction of sp³-hybridized carbons (Fsp3) is 0.909. The van der Waals surface area contributed by atoms with E-state index < -0.39 is 6.10 Å². The van der Waals surface area contributed by atoms with Gasteiger partial charge in [0, 0.05) is 13.1 Å². The Morgan fingerprint density at radius 3 is 2.93 bits per heavy atom. The molecule has 0 aromatic carbocycles. The van der Waals surface area contributed by atoms with Crippen LogP contribution in [0.2, 0.25) is 0 Å². The van der Waals surface area contributed by atoms with E-state index in [2.05, 4.69) is 11.8 Å². The molecule has 2 unspecified atom stereocenters. The Balaban J connectivity index is 2.18. The first kappa shape index (κ1) is 12.5. The van der Waals surface area contributed by atoms with Crippen molar-refractivity contribution in [2.75, 3.05) is 26.2 Å². The molecule has 1 rings (SSSR count). The van der Waals surface area contributed by atoms with Crippen LogP contribution in [0, 0.1) is 5.92 Å². The highest BCUT2D eigenvalue weighted by Gasteiger charge is 2.22. The molecule has 88 valence electrons. The Kier molecular flexibility index (Phi) is 5.05. The minimum absolute atomic E-state index is 0.110. The van der Waals surface area contributed by atoms with Gasteiger partial charge < -0.3 is 14.7 Å². The molecule has 4 nitrogen and oxygen atoms in total. The van der Waals surface area contributed by atoms with Gasteiger partial charge >= 0.3 is 5.97 Å². The normalized spacial score (nSPS) is 24.1. The van der Waals surface area contributed by atoms with Crippen molar-refractivity contribution in [2.24, 2.45) is 5.92 Å². The van der Waals surface area contributed by atoms with Crippen molar-refractivity contribution in [1.29, 1.82) is 0 Å². The molecule has 1 saturated heterocycles. The molecular formula is C11H21NO3. The largest absolute Gasteiger partial charge is 0.466 e. The van der Waals surface area contributed by atoms with Crippen LogP contribution in [0.3, 0.4) is 0 Å². The van der Waals surface area contributed by atoms with Gasteiger partial charge in [0.05, 0.1) is 19.1 Å². The second-order valence-electron chi connectivity index (χ2n) is 4.32. The summed E-state index contributed by atoms with van der Waals surface area (Å²) in [5, 5.41) is 9.65. The van der Waals surface area contributed by atoms with Gasteiger partial charge in [0.25, 0.3) is 0 Å². The maximum Gasteiger partial charge on any atom is 0.308 e. The van der Waals surface area contributed by atoms with E-state index in [1.807, 2.05) is 0 Å². The molecule has 2 atom stereocenters. The average Bonchev–Trinajstić information content (AvgIpc) is 2.51. The molecule has 15 heavy (non-hydrogen) atoms. The summed E-state index contributed by atoms with van der Waals surface area (Å²) in [6.45, 7) is 7.00. The highest BCUT2D eigenvalue weighted by atomic mass is 16.5. The number of nitrogens with zero attached hydrogens (tertiary/aromatic N) is 1. The number of hydrogen-bond acceptors (Lipinski definition) is 4. The fourth-order valence-electron chi connectivity index (χ4n) is 1.97. The number of esters is 1. The summed E-state index contributed by atoms with van der Waals surface area (Å²) < 4.78 is 4.78. The van der Waals surface area contributed by atoms with E-state index in [9.17, 15) is 9.90 Å². The zero-order chi connectivity index (χ0) is 11.3. The van der Waals surface area contributed by atoms with E-state index in [1.54, 1.807) is 6.92 Å². The molecule has 0 radical (unpaired) electrons. The lowest BCUT2D eigenvalue weighted by molar-refractivity contribution is -0.145. The van der Waals surface area contributed by atoms with Gasteiger partial charge in [-0.15, -0.1) is 0 Å². The number of aliphatic hydroxyl groups excluding tert-OH is 1. The standard InChI is InChI=1S/C11H21NO3/c1-3-15-11(14)6-10(13)8-12-5-4-9(2)7-12/h9-10,13H,3-8H2,1-2H3. The summed E-state index contributed by atoms with van der Waals surface area (Å²) in [5.74, 6) is 0.400. The number of aliphatic hydroxyl groups is 1. The summed E-state index contributed by atoms with van der Waals surface area (Å²) >= 11 is 0. The average molecular weight is 215 g/mol. The number of rotatable bonds is 5. The quantitative estimate of drug-likeness (QED) is 0.684. The van der Waals surface area contributed by atoms with Crippen LogP contribution in [-0.2, 0) is 9.53 Å². The van der Waals surface area contributed by atoms with Crippen molar-refractivity contribution in [3.63, 3.8) is 0 Å². The minimum atomic E-state index is -0.589. The second-order valence-corrected chi connectivity index (χ2v) is 4.32. The molecule has 0 saturated carbocycles. The van der Waals surface area contributed by atoms with Gasteiger partial charge in [-0.2, -0.15) is 0 Å². The molecule has 0 bridgehead atoms. The monoisotopic (exact) mass is 215 g/mol. The first-order valence-electron chi connectivity index (χ1n) is 5.67. The molecule has 1 heterocycles. The molecule has 1 aliphatic heterocycles. The minimum Gasteiger partial charge on any atom is -0.466 e. The Labute approximate surface area is 91.2 Å². The number of carbonyl (C=O) groups is 1. The highest BCUT2D eigenvalue weighted by Crippen LogP contribution is 2.15. The van der Waals surface area contributed by atoms with Crippen molar-refractivity contribution in [2.45, 2.75) is 32.8 Å². The molecular weight excluding hydrogens is 194 g/mol. The van der Waals surface area contributed by atoms with E-state index in [0.29, 0.717) is 19.1 Å². The van der Waals surface area contributed by atoms with Gasteiger partial charge in [0.2, 0.25) is 0 Å². The van der Waals surface area contributed by atoms with E-state index >= 15 is 0 Å². The van der Waals surface area contributed by atoms with Gasteiger partial charge in [0.1, 0.15) is 0 Å². The third-order valence-electron chi connectivity index (χ3n) is 2.68.